The van der Waals surface area contributed by atoms with Gasteiger partial charge in [-0.1, -0.05) is 55.5 Å². The van der Waals surface area contributed by atoms with E-state index in [1.165, 1.54) is 11.6 Å². The molecule has 2 atom stereocenters. The highest BCUT2D eigenvalue weighted by Gasteiger charge is 2.44. The summed E-state index contributed by atoms with van der Waals surface area (Å²) in [5.74, 6) is -0.509. The molecule has 0 radical (unpaired) electrons. The summed E-state index contributed by atoms with van der Waals surface area (Å²) in [5.41, 5.74) is 11.5. The first-order chi connectivity index (χ1) is 30.1. The van der Waals surface area contributed by atoms with Gasteiger partial charge >= 0.3 is 0 Å². The van der Waals surface area contributed by atoms with Crippen LogP contribution in [0, 0.1) is 11.7 Å². The Kier molecular flexibility index (Phi) is 11.9. The number of rotatable bonds is 10. The molecule has 0 saturated carbocycles. The third-order valence-electron chi connectivity index (χ3n) is 13.5. The van der Waals surface area contributed by atoms with E-state index in [9.17, 15) is 19.2 Å². The minimum Gasteiger partial charge on any atom is -0.397 e. The number of nitrogens with zero attached hydrogens (tertiary/aromatic N) is 7. The Bertz CT molecular complexity index is 2530. The number of aromatic nitrogens is 3. The van der Waals surface area contributed by atoms with E-state index in [0.717, 1.165) is 76.0 Å². The van der Waals surface area contributed by atoms with Crippen molar-refractivity contribution < 1.29 is 18.8 Å². The van der Waals surface area contributed by atoms with Gasteiger partial charge in [0.05, 0.1) is 28.9 Å². The van der Waals surface area contributed by atoms with E-state index in [-0.39, 0.29) is 35.0 Å². The number of nitrogens with one attached hydrogen (secondary N) is 1. The van der Waals surface area contributed by atoms with Gasteiger partial charge in [0.2, 0.25) is 5.91 Å². The Labute approximate surface area is 360 Å². The number of halogens is 1. The van der Waals surface area contributed by atoms with E-state index in [2.05, 4.69) is 48.9 Å². The Morgan fingerprint density at radius 2 is 1.48 bits per heavy atom. The molecule has 6 heterocycles. The van der Waals surface area contributed by atoms with Gasteiger partial charge in [-0.15, -0.1) is 0 Å². The fourth-order valence-corrected chi connectivity index (χ4v) is 10.1. The van der Waals surface area contributed by atoms with Crippen LogP contribution in [0.4, 0.5) is 10.1 Å². The molecule has 5 aromatic rings. The topological polar surface area (TPSA) is 152 Å². The summed E-state index contributed by atoms with van der Waals surface area (Å²) in [4.78, 5) is 67.9. The van der Waals surface area contributed by atoms with E-state index in [1.807, 2.05) is 35.2 Å². The summed E-state index contributed by atoms with van der Waals surface area (Å²) in [6.45, 7) is 8.26. The van der Waals surface area contributed by atoms with Crippen LogP contribution in [0.25, 0.3) is 21.9 Å². The van der Waals surface area contributed by atoms with Gasteiger partial charge in [-0.25, -0.2) is 14.5 Å². The van der Waals surface area contributed by atoms with Crippen LogP contribution in [-0.4, -0.2) is 135 Å². The molecule has 3 aromatic carbocycles. The van der Waals surface area contributed by atoms with Crippen molar-refractivity contribution in [2.75, 3.05) is 71.2 Å². The number of H-pyrrole nitrogens is 1. The summed E-state index contributed by atoms with van der Waals surface area (Å²) in [7, 11) is 0. The monoisotopic (exact) mass is 839 g/mol. The number of nitrogen functional groups attached to an aromatic ring is 1. The summed E-state index contributed by atoms with van der Waals surface area (Å²) < 4.78 is 15.1. The van der Waals surface area contributed by atoms with Crippen LogP contribution in [0.3, 0.4) is 0 Å². The Balaban J connectivity index is 0.722. The molecule has 62 heavy (non-hydrogen) atoms. The maximum Gasteiger partial charge on any atom is 0.275 e. The summed E-state index contributed by atoms with van der Waals surface area (Å²) in [6.07, 6.45) is 6.99. The second-order valence-corrected chi connectivity index (χ2v) is 17.4. The van der Waals surface area contributed by atoms with Gasteiger partial charge in [0.15, 0.2) is 5.69 Å². The molecule has 13 nitrogen and oxygen atoms in total. The predicted octanol–water partition coefficient (Wildman–Crippen LogP) is 4.85. The first-order valence-electron chi connectivity index (χ1n) is 22.1. The molecular formula is C48H54FN9O4. The van der Waals surface area contributed by atoms with Crippen LogP contribution >= 0.6 is 0 Å². The number of aryl methyl sites for hydroxylation is 1. The first kappa shape index (κ1) is 41.4. The third kappa shape index (κ3) is 8.58. The SMILES string of the molecule is CCc1cccc(-c2cnc(C(=O)N3C4CCC3CC(CN3CCN(CC(=O)N5CCN(C(=O)c6cc(Cc7n[nH]c(=O)c8ccccc78)ccc6F)CC5)CC3)C4)c(N)c2)c1. The number of piperazine rings is 2. The standard InChI is InChI=1S/C48H54FN9O4/c1-2-31-6-5-7-34(22-31)35-27-42(50)45(51-28-35)48(62)58-36-11-12-37(58)24-33(23-36)29-54-14-16-55(17-15-54)30-44(59)56-18-20-57(21-19-56)47(61)40-25-32(10-13-41(40)49)26-43-38-8-3-4-9-39(38)46(60)53-52-43/h3-10,13,22,25,27-28,33,36-37H,2,11-12,14-21,23-24,26,29-30,50H2,1H3,(H,53,60). The fraction of sp³-hybridized carbons (Fsp3) is 0.417. The van der Waals surface area contributed by atoms with Crippen LogP contribution < -0.4 is 11.3 Å². The lowest BCUT2D eigenvalue weighted by Crippen LogP contribution is -2.55. The second kappa shape index (κ2) is 17.8. The number of carbonyl (C=O) groups excluding carboxylic acids is 3. The lowest BCUT2D eigenvalue weighted by molar-refractivity contribution is -0.134. The Morgan fingerprint density at radius 1 is 0.774 bits per heavy atom. The predicted molar refractivity (Wildman–Crippen MR) is 236 cm³/mol. The van der Waals surface area contributed by atoms with Gasteiger partial charge in [-0.3, -0.25) is 24.1 Å². The van der Waals surface area contributed by atoms with Crippen LogP contribution in [0.15, 0.2) is 83.8 Å². The first-order valence-corrected chi connectivity index (χ1v) is 22.1. The second-order valence-electron chi connectivity index (χ2n) is 17.4. The normalized spacial score (nSPS) is 20.8. The number of pyridine rings is 1. The molecule has 4 fully saturated rings. The van der Waals surface area contributed by atoms with Crippen LogP contribution in [-0.2, 0) is 17.6 Å². The molecule has 14 heteroatoms. The van der Waals surface area contributed by atoms with E-state index in [1.54, 1.807) is 35.4 Å². The van der Waals surface area contributed by atoms with Gasteiger partial charge in [0.25, 0.3) is 17.4 Å². The smallest absolute Gasteiger partial charge is 0.275 e. The van der Waals surface area contributed by atoms with Gasteiger partial charge < -0.3 is 25.3 Å². The summed E-state index contributed by atoms with van der Waals surface area (Å²) >= 11 is 0. The number of amides is 3. The zero-order chi connectivity index (χ0) is 42.9. The van der Waals surface area contributed by atoms with Crippen molar-refractivity contribution in [2.45, 2.75) is 57.5 Å². The molecule has 4 saturated heterocycles. The maximum atomic E-state index is 15.1. The quantitative estimate of drug-likeness (QED) is 0.201. The minimum absolute atomic E-state index is 0.0154. The lowest BCUT2D eigenvalue weighted by atomic mass is 9.89. The molecule has 2 bridgehead atoms. The molecule has 4 aliphatic heterocycles. The molecule has 3 amide bonds. The molecule has 3 N–H and O–H groups in total. The highest BCUT2D eigenvalue weighted by atomic mass is 19.1. The number of aromatic amines is 1. The highest BCUT2D eigenvalue weighted by molar-refractivity contribution is 5.98. The average molecular weight is 840 g/mol. The summed E-state index contributed by atoms with van der Waals surface area (Å²) in [5, 5.41) is 8.00. The number of anilines is 1. The number of nitrogens with two attached hydrogens (primary N) is 1. The van der Waals surface area contributed by atoms with Crippen LogP contribution in [0.5, 0.6) is 0 Å². The van der Waals surface area contributed by atoms with E-state index < -0.39 is 11.7 Å². The third-order valence-corrected chi connectivity index (χ3v) is 13.5. The highest BCUT2D eigenvalue weighted by Crippen LogP contribution is 2.40. The molecule has 2 unspecified atom stereocenters. The molecule has 2 aromatic heterocycles. The summed E-state index contributed by atoms with van der Waals surface area (Å²) in [6, 6.07) is 22.3. The molecular weight excluding hydrogens is 786 g/mol. The fourth-order valence-electron chi connectivity index (χ4n) is 10.1. The zero-order valence-electron chi connectivity index (χ0n) is 35.3. The van der Waals surface area contributed by atoms with Crippen molar-refractivity contribution in [1.29, 1.82) is 0 Å². The van der Waals surface area contributed by atoms with Gasteiger partial charge in [0, 0.05) is 94.6 Å². The number of carbonyl (C=O) groups is 3. The largest absolute Gasteiger partial charge is 0.397 e. The number of piperidine rings is 1. The number of benzene rings is 3. The van der Waals surface area contributed by atoms with Gasteiger partial charge in [-0.2, -0.15) is 5.10 Å². The number of hydrogen-bond acceptors (Lipinski definition) is 9. The van der Waals surface area contributed by atoms with E-state index in [4.69, 9.17) is 5.73 Å². The molecule has 4 aliphatic rings. The molecule has 9 rings (SSSR count). The van der Waals surface area contributed by atoms with Crippen molar-refractivity contribution in [3.8, 4) is 11.1 Å². The molecule has 0 spiro atoms. The minimum atomic E-state index is -0.599. The van der Waals surface area contributed by atoms with Crippen LogP contribution in [0.2, 0.25) is 0 Å². The molecule has 322 valence electrons. The van der Waals surface area contributed by atoms with Crippen LogP contribution in [0.1, 0.15) is 70.3 Å². The van der Waals surface area contributed by atoms with Crippen molar-refractivity contribution in [2.24, 2.45) is 5.92 Å². The van der Waals surface area contributed by atoms with Crippen molar-refractivity contribution in [3.63, 3.8) is 0 Å². The van der Waals surface area contributed by atoms with E-state index >= 15 is 4.39 Å². The van der Waals surface area contributed by atoms with Crippen molar-refractivity contribution in [1.82, 2.24) is 39.7 Å². The lowest BCUT2D eigenvalue weighted by Gasteiger charge is -2.42. The van der Waals surface area contributed by atoms with Gasteiger partial charge in [-0.05, 0) is 79.0 Å². The Hall–Kier alpha value is -5.99. The van der Waals surface area contributed by atoms with Crippen molar-refractivity contribution in [3.05, 3.63) is 123 Å². The van der Waals surface area contributed by atoms with E-state index in [0.29, 0.717) is 78.5 Å². The number of hydrogen-bond donors (Lipinski definition) is 2. The number of fused-ring (bicyclic) bond motifs is 3. The maximum absolute atomic E-state index is 15.1. The Morgan fingerprint density at radius 3 is 2.21 bits per heavy atom. The van der Waals surface area contributed by atoms with Crippen molar-refractivity contribution >= 4 is 34.2 Å². The average Bonchev–Trinajstić information content (AvgIpc) is 3.57. The zero-order valence-corrected chi connectivity index (χ0v) is 35.3. The molecule has 0 aliphatic carbocycles. The van der Waals surface area contributed by atoms with Gasteiger partial charge in [0.1, 0.15) is 5.82 Å².